The Morgan fingerprint density at radius 1 is 1.38 bits per heavy atom. The number of nitrogens with one attached hydrogen (secondary N) is 2. The van der Waals surface area contributed by atoms with Gasteiger partial charge in [0, 0.05) is 6.54 Å². The van der Waals surface area contributed by atoms with Crippen LogP contribution in [0.4, 0.5) is 0 Å². The van der Waals surface area contributed by atoms with Gasteiger partial charge in [0.05, 0.1) is 12.5 Å². The Morgan fingerprint density at radius 3 is 2.69 bits per heavy atom. The van der Waals surface area contributed by atoms with Gasteiger partial charge in [0.1, 0.15) is 6.61 Å². The smallest absolute Gasteiger partial charge is 0.305 e. The van der Waals surface area contributed by atoms with Crippen molar-refractivity contribution in [2.45, 2.75) is 25.4 Å². The minimum atomic E-state index is -0.917. The van der Waals surface area contributed by atoms with Crippen LogP contribution in [-0.2, 0) is 14.3 Å². The number of rotatable bonds is 6. The molecular formula is C10H18N2O4. The summed E-state index contributed by atoms with van der Waals surface area (Å²) in [5.41, 5.74) is 0. The third kappa shape index (κ3) is 5.67. The molecule has 0 aromatic heterocycles. The normalized spacial score (nSPS) is 17.0. The van der Waals surface area contributed by atoms with Crippen LogP contribution in [-0.4, -0.2) is 49.3 Å². The Morgan fingerprint density at radius 2 is 2.06 bits per heavy atom. The number of carbonyl (C=O) groups excluding carboxylic acids is 1. The first kappa shape index (κ1) is 12.9. The Hall–Kier alpha value is -1.14. The highest BCUT2D eigenvalue weighted by Gasteiger charge is 2.14. The van der Waals surface area contributed by atoms with E-state index in [2.05, 4.69) is 10.6 Å². The lowest BCUT2D eigenvalue weighted by Crippen LogP contribution is -2.36. The Bertz CT molecular complexity index is 239. The van der Waals surface area contributed by atoms with Crippen LogP contribution < -0.4 is 10.6 Å². The molecule has 3 N–H and O–H groups in total. The fourth-order valence-electron chi connectivity index (χ4n) is 1.52. The maximum Gasteiger partial charge on any atom is 0.305 e. The zero-order valence-electron chi connectivity index (χ0n) is 9.20. The van der Waals surface area contributed by atoms with Gasteiger partial charge in [-0.1, -0.05) is 0 Å². The van der Waals surface area contributed by atoms with E-state index in [1.54, 1.807) is 0 Å². The molecule has 1 heterocycles. The van der Waals surface area contributed by atoms with Gasteiger partial charge in [0.2, 0.25) is 5.91 Å². The summed E-state index contributed by atoms with van der Waals surface area (Å²) in [7, 11) is 0. The molecule has 0 unspecified atom stereocenters. The van der Waals surface area contributed by atoms with Gasteiger partial charge < -0.3 is 20.5 Å². The SMILES string of the molecule is O=C(O)CCNC(=O)COC1CCNCC1. The fourth-order valence-corrected chi connectivity index (χ4v) is 1.52. The summed E-state index contributed by atoms with van der Waals surface area (Å²) in [5, 5.41) is 14.1. The van der Waals surface area contributed by atoms with E-state index >= 15 is 0 Å². The molecule has 1 aliphatic heterocycles. The van der Waals surface area contributed by atoms with Gasteiger partial charge in [-0.15, -0.1) is 0 Å². The van der Waals surface area contributed by atoms with Gasteiger partial charge in [-0.3, -0.25) is 9.59 Å². The first-order valence-corrected chi connectivity index (χ1v) is 5.49. The number of aliphatic carboxylic acids is 1. The first-order chi connectivity index (χ1) is 7.68. The standard InChI is InChI=1S/C10H18N2O4/c13-9(12-6-3-10(14)15)7-16-8-1-4-11-5-2-8/h8,11H,1-7H2,(H,12,13)(H,14,15). The van der Waals surface area contributed by atoms with Gasteiger partial charge in [-0.25, -0.2) is 0 Å². The molecule has 1 aliphatic rings. The van der Waals surface area contributed by atoms with E-state index in [0.29, 0.717) is 0 Å². The predicted molar refractivity (Wildman–Crippen MR) is 57.1 cm³/mol. The minimum absolute atomic E-state index is 0.0181. The lowest BCUT2D eigenvalue weighted by molar-refractivity contribution is -0.137. The average Bonchev–Trinajstić information content (AvgIpc) is 2.27. The van der Waals surface area contributed by atoms with E-state index in [-0.39, 0.29) is 31.6 Å². The molecule has 0 aromatic carbocycles. The second kappa shape index (κ2) is 7.19. The summed E-state index contributed by atoms with van der Waals surface area (Å²) in [6, 6.07) is 0. The van der Waals surface area contributed by atoms with Gasteiger partial charge in [0.15, 0.2) is 0 Å². The summed E-state index contributed by atoms with van der Waals surface area (Å²) in [5.74, 6) is -1.17. The van der Waals surface area contributed by atoms with Gasteiger partial charge >= 0.3 is 5.97 Å². The topological polar surface area (TPSA) is 87.7 Å². The van der Waals surface area contributed by atoms with Crippen molar-refractivity contribution in [2.24, 2.45) is 0 Å². The molecule has 16 heavy (non-hydrogen) atoms. The molecule has 1 fully saturated rings. The van der Waals surface area contributed by atoms with Crippen molar-refractivity contribution in [3.05, 3.63) is 0 Å². The quantitative estimate of drug-likeness (QED) is 0.564. The zero-order chi connectivity index (χ0) is 11.8. The molecule has 0 bridgehead atoms. The number of piperidine rings is 1. The van der Waals surface area contributed by atoms with Crippen molar-refractivity contribution in [3.8, 4) is 0 Å². The molecule has 0 radical (unpaired) electrons. The van der Waals surface area contributed by atoms with E-state index in [4.69, 9.17) is 9.84 Å². The molecule has 6 nitrogen and oxygen atoms in total. The molecule has 1 rings (SSSR count). The number of carboxylic acids is 1. The summed E-state index contributed by atoms with van der Waals surface area (Å²) in [6.07, 6.45) is 1.93. The molecule has 0 spiro atoms. The van der Waals surface area contributed by atoms with Crippen LogP contribution in [0.2, 0.25) is 0 Å². The number of hydrogen-bond acceptors (Lipinski definition) is 4. The zero-order valence-corrected chi connectivity index (χ0v) is 9.20. The van der Waals surface area contributed by atoms with Crippen LogP contribution in [0.25, 0.3) is 0 Å². The number of ether oxygens (including phenoxy) is 1. The largest absolute Gasteiger partial charge is 0.481 e. The second-order valence-corrected chi connectivity index (χ2v) is 3.75. The van der Waals surface area contributed by atoms with Crippen LogP contribution in [0.15, 0.2) is 0 Å². The Kier molecular flexibility index (Phi) is 5.81. The molecule has 92 valence electrons. The van der Waals surface area contributed by atoms with E-state index in [9.17, 15) is 9.59 Å². The summed E-state index contributed by atoms with van der Waals surface area (Å²) in [6.45, 7) is 2.02. The molecule has 0 aromatic rings. The van der Waals surface area contributed by atoms with E-state index < -0.39 is 5.97 Å². The predicted octanol–water partition coefficient (Wildman–Crippen LogP) is -0.654. The molecular weight excluding hydrogens is 212 g/mol. The van der Waals surface area contributed by atoms with Crippen LogP contribution in [0.3, 0.4) is 0 Å². The number of carboxylic acid groups (broad SMARTS) is 1. The highest BCUT2D eigenvalue weighted by molar-refractivity contribution is 5.77. The summed E-state index contributed by atoms with van der Waals surface area (Å²) in [4.78, 5) is 21.4. The molecule has 1 saturated heterocycles. The lowest BCUT2D eigenvalue weighted by Gasteiger charge is -2.22. The Balaban J connectivity index is 2.02. The minimum Gasteiger partial charge on any atom is -0.481 e. The van der Waals surface area contributed by atoms with Gasteiger partial charge in [-0.2, -0.15) is 0 Å². The number of carbonyl (C=O) groups is 2. The van der Waals surface area contributed by atoms with Gasteiger partial charge in [-0.05, 0) is 25.9 Å². The van der Waals surface area contributed by atoms with E-state index in [1.807, 2.05) is 0 Å². The van der Waals surface area contributed by atoms with Crippen molar-refractivity contribution in [1.82, 2.24) is 10.6 Å². The lowest BCUT2D eigenvalue weighted by atomic mass is 10.1. The van der Waals surface area contributed by atoms with Crippen molar-refractivity contribution in [2.75, 3.05) is 26.2 Å². The summed E-state index contributed by atoms with van der Waals surface area (Å²) >= 11 is 0. The van der Waals surface area contributed by atoms with E-state index in [0.717, 1.165) is 25.9 Å². The second-order valence-electron chi connectivity index (χ2n) is 3.75. The van der Waals surface area contributed by atoms with Crippen LogP contribution in [0.5, 0.6) is 0 Å². The monoisotopic (exact) mass is 230 g/mol. The molecule has 0 atom stereocenters. The van der Waals surface area contributed by atoms with Crippen molar-refractivity contribution in [3.63, 3.8) is 0 Å². The maximum atomic E-state index is 11.2. The third-order valence-electron chi connectivity index (χ3n) is 2.40. The molecule has 6 heteroatoms. The van der Waals surface area contributed by atoms with Crippen molar-refractivity contribution in [1.29, 1.82) is 0 Å². The van der Waals surface area contributed by atoms with Crippen molar-refractivity contribution < 1.29 is 19.4 Å². The average molecular weight is 230 g/mol. The molecule has 1 amide bonds. The number of amides is 1. The van der Waals surface area contributed by atoms with Gasteiger partial charge in [0.25, 0.3) is 0 Å². The molecule has 0 saturated carbocycles. The first-order valence-electron chi connectivity index (χ1n) is 5.49. The third-order valence-corrected chi connectivity index (χ3v) is 2.40. The highest BCUT2D eigenvalue weighted by atomic mass is 16.5. The summed E-state index contributed by atoms with van der Waals surface area (Å²) < 4.78 is 5.40. The molecule has 0 aliphatic carbocycles. The van der Waals surface area contributed by atoms with Crippen LogP contribution in [0, 0.1) is 0 Å². The van der Waals surface area contributed by atoms with Crippen LogP contribution >= 0.6 is 0 Å². The van der Waals surface area contributed by atoms with E-state index in [1.165, 1.54) is 0 Å². The number of hydrogen-bond donors (Lipinski definition) is 3. The van der Waals surface area contributed by atoms with Crippen molar-refractivity contribution >= 4 is 11.9 Å². The van der Waals surface area contributed by atoms with Crippen LogP contribution in [0.1, 0.15) is 19.3 Å². The highest BCUT2D eigenvalue weighted by Crippen LogP contribution is 2.06. The Labute approximate surface area is 94.3 Å². The maximum absolute atomic E-state index is 11.2. The fraction of sp³-hybridized carbons (Fsp3) is 0.800.